The molecule has 1 heterocycles. The topological polar surface area (TPSA) is 24.9 Å². The summed E-state index contributed by atoms with van der Waals surface area (Å²) < 4.78 is 0.963. The van der Waals surface area contributed by atoms with Gasteiger partial charge in [-0.2, -0.15) is 0 Å². The van der Waals surface area contributed by atoms with Crippen molar-refractivity contribution in [3.05, 3.63) is 63.4 Å². The van der Waals surface area contributed by atoms with E-state index < -0.39 is 0 Å². The van der Waals surface area contributed by atoms with Gasteiger partial charge in [0.15, 0.2) is 0 Å². The van der Waals surface area contributed by atoms with Crippen LogP contribution in [0.1, 0.15) is 42.7 Å². The number of hydrogen-bond acceptors (Lipinski definition) is 2. The van der Waals surface area contributed by atoms with Gasteiger partial charge in [-0.3, -0.25) is 0 Å². The summed E-state index contributed by atoms with van der Waals surface area (Å²) in [5.41, 5.74) is 5.13. The maximum absolute atomic E-state index is 4.51. The second-order valence-electron chi connectivity index (χ2n) is 6.23. The smallest absolute Gasteiger partial charge is 0.109 e. The predicted octanol–water partition coefficient (Wildman–Crippen LogP) is 4.92. The van der Waals surface area contributed by atoms with Crippen LogP contribution in [-0.4, -0.2) is 11.5 Å². The number of pyridine rings is 1. The number of benzene rings is 1. The van der Waals surface area contributed by atoms with Crippen LogP contribution in [-0.2, 0) is 12.0 Å². The van der Waals surface area contributed by atoms with Crippen molar-refractivity contribution in [2.45, 2.75) is 46.1 Å². The highest BCUT2D eigenvalue weighted by Gasteiger charge is 2.27. The van der Waals surface area contributed by atoms with E-state index in [9.17, 15) is 0 Å². The quantitative estimate of drug-likeness (QED) is 0.739. The molecule has 0 saturated heterocycles. The average Bonchev–Trinajstić information content (AvgIpc) is 2.51. The third-order valence-electron chi connectivity index (χ3n) is 4.46. The maximum Gasteiger partial charge on any atom is 0.109 e. The summed E-state index contributed by atoms with van der Waals surface area (Å²) in [7, 11) is 0. The van der Waals surface area contributed by atoms with Crippen LogP contribution in [0.5, 0.6) is 0 Å². The van der Waals surface area contributed by atoms with Crippen LogP contribution in [0.15, 0.2) is 41.0 Å². The number of rotatable bonds is 6. The summed E-state index contributed by atoms with van der Waals surface area (Å²) in [6, 6.07) is 12.8. The van der Waals surface area contributed by atoms with Gasteiger partial charge in [-0.25, -0.2) is 4.98 Å². The fourth-order valence-electron chi connectivity index (χ4n) is 2.82. The Bertz CT molecular complexity index is 625. The van der Waals surface area contributed by atoms with Gasteiger partial charge in [0.1, 0.15) is 4.60 Å². The predicted molar refractivity (Wildman–Crippen MR) is 97.2 cm³/mol. The Morgan fingerprint density at radius 3 is 2.50 bits per heavy atom. The van der Waals surface area contributed by atoms with Crippen molar-refractivity contribution >= 4 is 15.9 Å². The molecule has 1 atom stereocenters. The van der Waals surface area contributed by atoms with Gasteiger partial charge < -0.3 is 5.32 Å². The zero-order valence-corrected chi connectivity index (χ0v) is 15.5. The molecule has 0 aliphatic carbocycles. The number of aromatic nitrogens is 1. The normalized spacial score (nSPS) is 13.9. The summed E-state index contributed by atoms with van der Waals surface area (Å²) in [4.78, 5) is 4.51. The zero-order chi connectivity index (χ0) is 16.2. The molecule has 2 nitrogen and oxygen atoms in total. The second-order valence-corrected chi connectivity index (χ2v) is 6.98. The molecule has 0 saturated carbocycles. The molecular weight excluding hydrogens is 336 g/mol. The van der Waals surface area contributed by atoms with Gasteiger partial charge >= 0.3 is 0 Å². The van der Waals surface area contributed by atoms with E-state index in [1.165, 1.54) is 16.7 Å². The van der Waals surface area contributed by atoms with E-state index in [0.717, 1.165) is 29.8 Å². The standard InChI is InChI=1S/C19H25BrN2/c1-5-19(4,13-21-12-16-9-7-6-8-10-16)17-11-14(2)22-18(20)15(17)3/h6-11,21H,5,12-13H2,1-4H3/t19-/m0/s1. The van der Waals surface area contributed by atoms with E-state index in [2.05, 4.69) is 90.3 Å². The Morgan fingerprint density at radius 1 is 1.18 bits per heavy atom. The molecule has 1 aromatic carbocycles. The molecule has 0 radical (unpaired) electrons. The van der Waals surface area contributed by atoms with Gasteiger partial charge in [-0.1, -0.05) is 44.2 Å². The van der Waals surface area contributed by atoms with Crippen LogP contribution in [0.4, 0.5) is 0 Å². The number of hydrogen-bond donors (Lipinski definition) is 1. The van der Waals surface area contributed by atoms with Crippen molar-refractivity contribution in [1.29, 1.82) is 0 Å². The molecule has 22 heavy (non-hydrogen) atoms. The first-order valence-electron chi connectivity index (χ1n) is 7.85. The highest BCUT2D eigenvalue weighted by molar-refractivity contribution is 9.10. The van der Waals surface area contributed by atoms with Crippen LogP contribution in [0, 0.1) is 13.8 Å². The monoisotopic (exact) mass is 360 g/mol. The lowest BCUT2D eigenvalue weighted by atomic mass is 9.78. The zero-order valence-electron chi connectivity index (χ0n) is 13.9. The van der Waals surface area contributed by atoms with Crippen molar-refractivity contribution in [3.63, 3.8) is 0 Å². The first kappa shape index (κ1) is 17.2. The summed E-state index contributed by atoms with van der Waals surface area (Å²) in [5.74, 6) is 0. The molecule has 2 rings (SSSR count). The highest BCUT2D eigenvalue weighted by atomic mass is 79.9. The highest BCUT2D eigenvalue weighted by Crippen LogP contribution is 2.32. The first-order chi connectivity index (χ1) is 10.5. The number of aryl methyl sites for hydroxylation is 1. The number of halogens is 1. The van der Waals surface area contributed by atoms with Gasteiger partial charge in [-0.15, -0.1) is 0 Å². The molecule has 0 bridgehead atoms. The largest absolute Gasteiger partial charge is 0.312 e. The number of nitrogens with zero attached hydrogens (tertiary/aromatic N) is 1. The van der Waals surface area contributed by atoms with Crippen LogP contribution in [0.25, 0.3) is 0 Å². The number of nitrogens with one attached hydrogen (secondary N) is 1. The van der Waals surface area contributed by atoms with Gasteiger partial charge in [0, 0.05) is 24.2 Å². The van der Waals surface area contributed by atoms with Crippen LogP contribution < -0.4 is 5.32 Å². The Labute approximate surface area is 142 Å². The van der Waals surface area contributed by atoms with Gasteiger partial charge in [-0.05, 0) is 59.0 Å². The molecule has 0 aliphatic heterocycles. The molecule has 1 aromatic heterocycles. The average molecular weight is 361 g/mol. The van der Waals surface area contributed by atoms with Crippen LogP contribution in [0.3, 0.4) is 0 Å². The van der Waals surface area contributed by atoms with Crippen molar-refractivity contribution in [1.82, 2.24) is 10.3 Å². The molecule has 0 fully saturated rings. The fourth-order valence-corrected chi connectivity index (χ4v) is 3.31. The van der Waals surface area contributed by atoms with Crippen molar-refractivity contribution in [2.75, 3.05) is 6.54 Å². The molecule has 3 heteroatoms. The minimum absolute atomic E-state index is 0.106. The lowest BCUT2D eigenvalue weighted by molar-refractivity contribution is 0.413. The molecule has 0 aliphatic rings. The minimum Gasteiger partial charge on any atom is -0.312 e. The second kappa shape index (κ2) is 7.38. The third kappa shape index (κ3) is 3.96. The summed E-state index contributed by atoms with van der Waals surface area (Å²) in [5, 5.41) is 3.62. The molecule has 0 spiro atoms. The Hall–Kier alpha value is -1.19. The Kier molecular flexibility index (Phi) is 5.76. The maximum atomic E-state index is 4.51. The molecule has 0 unspecified atom stereocenters. The minimum atomic E-state index is 0.106. The summed E-state index contributed by atoms with van der Waals surface area (Å²) >= 11 is 3.59. The van der Waals surface area contributed by atoms with Gasteiger partial charge in [0.05, 0.1) is 0 Å². The summed E-state index contributed by atoms with van der Waals surface area (Å²) in [6.45, 7) is 10.7. The Morgan fingerprint density at radius 2 is 1.86 bits per heavy atom. The van der Waals surface area contributed by atoms with E-state index in [4.69, 9.17) is 0 Å². The van der Waals surface area contributed by atoms with Gasteiger partial charge in [0.25, 0.3) is 0 Å². The van der Waals surface area contributed by atoms with E-state index in [1.54, 1.807) is 0 Å². The molecule has 1 N–H and O–H groups in total. The van der Waals surface area contributed by atoms with Crippen LogP contribution in [0.2, 0.25) is 0 Å². The molecule has 2 aromatic rings. The molecule has 0 amide bonds. The van der Waals surface area contributed by atoms with E-state index in [0.29, 0.717) is 0 Å². The molecule has 118 valence electrons. The lowest BCUT2D eigenvalue weighted by Crippen LogP contribution is -2.35. The van der Waals surface area contributed by atoms with E-state index in [1.807, 2.05) is 0 Å². The van der Waals surface area contributed by atoms with Crippen molar-refractivity contribution in [2.24, 2.45) is 0 Å². The van der Waals surface area contributed by atoms with E-state index in [-0.39, 0.29) is 5.41 Å². The Balaban J connectivity index is 2.15. The van der Waals surface area contributed by atoms with Gasteiger partial charge in [0.2, 0.25) is 0 Å². The van der Waals surface area contributed by atoms with Crippen LogP contribution >= 0.6 is 15.9 Å². The first-order valence-corrected chi connectivity index (χ1v) is 8.64. The lowest BCUT2D eigenvalue weighted by Gasteiger charge is -2.31. The van der Waals surface area contributed by atoms with Crippen molar-refractivity contribution in [3.8, 4) is 0 Å². The SMILES string of the molecule is CC[C@@](C)(CNCc1ccccc1)c1cc(C)nc(Br)c1C. The van der Waals surface area contributed by atoms with Crippen molar-refractivity contribution < 1.29 is 0 Å². The summed E-state index contributed by atoms with van der Waals surface area (Å²) in [6.07, 6.45) is 1.09. The molecular formula is C19H25BrN2. The third-order valence-corrected chi connectivity index (χ3v) is 5.23. The fraction of sp³-hybridized carbons (Fsp3) is 0.421. The van der Waals surface area contributed by atoms with E-state index >= 15 is 0 Å².